The van der Waals surface area contributed by atoms with Gasteiger partial charge in [-0.25, -0.2) is 9.97 Å². The number of carbonyl (C=O) groups is 1. The molecule has 2 heterocycles. The van der Waals surface area contributed by atoms with Crippen LogP contribution in [-0.2, 0) is 9.53 Å². The lowest BCUT2D eigenvalue weighted by molar-refractivity contribution is -0.128. The van der Waals surface area contributed by atoms with Crippen LogP contribution in [0, 0.1) is 23.7 Å². The van der Waals surface area contributed by atoms with Crippen molar-refractivity contribution < 1.29 is 9.53 Å². The van der Waals surface area contributed by atoms with Crippen LogP contribution in [0.1, 0.15) is 26.0 Å². The Bertz CT molecular complexity index is 607. The average molecular weight is 335 g/mol. The van der Waals surface area contributed by atoms with Crippen molar-refractivity contribution in [3.05, 3.63) is 18.0 Å². The number of rotatable bonds is 5. The summed E-state index contributed by atoms with van der Waals surface area (Å²) >= 11 is 1.42. The number of amides is 1. The molecule has 1 aliphatic carbocycles. The first kappa shape index (κ1) is 16.7. The number of aryl methyl sites for hydroxylation is 1. The second kappa shape index (κ2) is 6.06. The molecule has 1 aromatic heterocycles. The van der Waals surface area contributed by atoms with Gasteiger partial charge in [0.15, 0.2) is 5.16 Å². The van der Waals surface area contributed by atoms with Gasteiger partial charge in [0.1, 0.15) is 0 Å². The maximum atomic E-state index is 12.6. The third-order valence-corrected chi connectivity index (χ3v) is 6.13. The first-order valence-corrected chi connectivity index (χ1v) is 9.04. The molecule has 0 unspecified atom stereocenters. The molecule has 1 aromatic rings. The summed E-state index contributed by atoms with van der Waals surface area (Å²) in [6.45, 7) is 8.96. The zero-order chi connectivity index (χ0) is 16.7. The Labute approximate surface area is 142 Å². The van der Waals surface area contributed by atoms with Crippen LogP contribution in [0.5, 0.6) is 0 Å². The summed E-state index contributed by atoms with van der Waals surface area (Å²) in [5, 5.41) is 0.674. The predicted octanol–water partition coefficient (Wildman–Crippen LogP) is 2.40. The van der Waals surface area contributed by atoms with Crippen LogP contribution in [0.2, 0.25) is 0 Å². The molecule has 1 amide bonds. The van der Waals surface area contributed by atoms with Crippen molar-refractivity contribution >= 4 is 17.7 Å². The van der Waals surface area contributed by atoms with E-state index in [4.69, 9.17) is 4.74 Å². The van der Waals surface area contributed by atoms with E-state index < -0.39 is 0 Å². The van der Waals surface area contributed by atoms with Gasteiger partial charge in [0, 0.05) is 37.5 Å². The van der Waals surface area contributed by atoms with Gasteiger partial charge in [-0.15, -0.1) is 0 Å². The molecule has 1 saturated carbocycles. The zero-order valence-corrected chi connectivity index (χ0v) is 15.2. The van der Waals surface area contributed by atoms with Crippen LogP contribution in [0.4, 0.5) is 0 Å². The highest BCUT2D eigenvalue weighted by Crippen LogP contribution is 2.62. The summed E-state index contributed by atoms with van der Waals surface area (Å²) in [5.74, 6) is 1.12. The molecule has 2 fully saturated rings. The number of hydrogen-bond donors (Lipinski definition) is 0. The lowest BCUT2D eigenvalue weighted by Crippen LogP contribution is -2.55. The van der Waals surface area contributed by atoms with Gasteiger partial charge in [0.25, 0.3) is 0 Å². The molecule has 0 radical (unpaired) electrons. The van der Waals surface area contributed by atoms with Gasteiger partial charge < -0.3 is 9.64 Å². The third kappa shape index (κ3) is 3.11. The Hall–Kier alpha value is -1.14. The fourth-order valence-corrected chi connectivity index (χ4v) is 5.29. The Kier molecular flexibility index (Phi) is 4.40. The van der Waals surface area contributed by atoms with Crippen molar-refractivity contribution in [1.29, 1.82) is 0 Å². The van der Waals surface area contributed by atoms with Crippen LogP contribution in [0.15, 0.2) is 17.4 Å². The molecule has 23 heavy (non-hydrogen) atoms. The molecule has 6 heteroatoms. The Morgan fingerprint density at radius 3 is 2.96 bits per heavy atom. The smallest absolute Gasteiger partial charge is 0.233 e. The van der Waals surface area contributed by atoms with Gasteiger partial charge in [-0.05, 0) is 30.7 Å². The van der Waals surface area contributed by atoms with E-state index in [1.165, 1.54) is 11.8 Å². The van der Waals surface area contributed by atoms with Crippen molar-refractivity contribution in [3.8, 4) is 0 Å². The lowest BCUT2D eigenvalue weighted by Gasteiger charge is -2.56. The second-order valence-corrected chi connectivity index (χ2v) is 8.50. The normalized spacial score (nSPS) is 28.3. The fraction of sp³-hybridized carbons (Fsp3) is 0.706. The monoisotopic (exact) mass is 335 g/mol. The van der Waals surface area contributed by atoms with Crippen molar-refractivity contribution in [1.82, 2.24) is 14.9 Å². The van der Waals surface area contributed by atoms with E-state index in [2.05, 4.69) is 23.8 Å². The number of likely N-dealkylation sites (tertiary alicyclic amines) is 1. The summed E-state index contributed by atoms with van der Waals surface area (Å²) in [6.07, 6.45) is 2.87. The highest BCUT2D eigenvalue weighted by molar-refractivity contribution is 7.99. The average Bonchev–Trinajstić information content (AvgIpc) is 2.80. The largest absolute Gasteiger partial charge is 0.384 e. The topological polar surface area (TPSA) is 55.3 Å². The van der Waals surface area contributed by atoms with Gasteiger partial charge in [0.05, 0.1) is 12.4 Å². The number of methoxy groups -OCH3 is 1. The number of ether oxygens (including phenoxy) is 1. The lowest BCUT2D eigenvalue weighted by atomic mass is 9.48. The van der Waals surface area contributed by atoms with Crippen molar-refractivity contribution in [3.63, 3.8) is 0 Å². The van der Waals surface area contributed by atoms with Crippen molar-refractivity contribution in [2.45, 2.75) is 32.3 Å². The molecule has 2 aliphatic rings. The molecular formula is C17H25N3O2S. The minimum Gasteiger partial charge on any atom is -0.384 e. The van der Waals surface area contributed by atoms with E-state index in [0.29, 0.717) is 22.2 Å². The molecular weight excluding hydrogens is 310 g/mol. The molecule has 0 bridgehead atoms. The first-order valence-electron chi connectivity index (χ1n) is 8.05. The number of nitrogens with zero attached hydrogens (tertiary/aromatic N) is 3. The quantitative estimate of drug-likeness (QED) is 0.611. The van der Waals surface area contributed by atoms with Crippen molar-refractivity contribution in [2.24, 2.45) is 16.7 Å². The maximum absolute atomic E-state index is 12.6. The molecule has 5 nitrogen and oxygen atoms in total. The standard InChI is InChI=1S/C17H25N3O2S/c1-12-5-6-18-15(19-12)23-8-14(21)20-7-13-16(2,3)9-17(13,10-20)11-22-4/h5-6,13H,7-11H2,1-4H3/t13-,17-/m1/s1. The van der Waals surface area contributed by atoms with Crippen LogP contribution in [0.25, 0.3) is 0 Å². The molecule has 0 aromatic carbocycles. The molecule has 3 rings (SSSR count). The second-order valence-electron chi connectivity index (χ2n) is 7.56. The summed E-state index contributed by atoms with van der Waals surface area (Å²) < 4.78 is 5.45. The summed E-state index contributed by atoms with van der Waals surface area (Å²) in [4.78, 5) is 23.2. The number of thioether (sulfide) groups is 1. The number of carbonyl (C=O) groups excluding carboxylic acids is 1. The summed E-state index contributed by atoms with van der Waals surface area (Å²) in [6, 6.07) is 1.86. The Balaban J connectivity index is 1.61. The molecule has 0 spiro atoms. The van der Waals surface area contributed by atoms with Gasteiger partial charge in [-0.2, -0.15) is 0 Å². The van der Waals surface area contributed by atoms with Gasteiger partial charge in [0.2, 0.25) is 5.91 Å². The zero-order valence-electron chi connectivity index (χ0n) is 14.3. The maximum Gasteiger partial charge on any atom is 0.233 e. The number of hydrogen-bond acceptors (Lipinski definition) is 5. The van der Waals surface area contributed by atoms with E-state index >= 15 is 0 Å². The van der Waals surface area contributed by atoms with E-state index in [1.54, 1.807) is 13.3 Å². The Morgan fingerprint density at radius 1 is 1.52 bits per heavy atom. The van der Waals surface area contributed by atoms with E-state index in [-0.39, 0.29) is 11.3 Å². The predicted molar refractivity (Wildman–Crippen MR) is 90.3 cm³/mol. The summed E-state index contributed by atoms with van der Waals surface area (Å²) in [5.41, 5.74) is 1.40. The number of fused-ring (bicyclic) bond motifs is 1. The molecule has 1 aliphatic heterocycles. The molecule has 126 valence electrons. The minimum absolute atomic E-state index is 0.165. The molecule has 2 atom stereocenters. The molecule has 1 saturated heterocycles. The van der Waals surface area contributed by atoms with Crippen LogP contribution in [0.3, 0.4) is 0 Å². The van der Waals surface area contributed by atoms with Crippen LogP contribution >= 0.6 is 11.8 Å². The highest BCUT2D eigenvalue weighted by atomic mass is 32.2. The van der Waals surface area contributed by atoms with Crippen LogP contribution in [-0.4, -0.2) is 53.3 Å². The van der Waals surface area contributed by atoms with Gasteiger partial charge >= 0.3 is 0 Å². The van der Waals surface area contributed by atoms with Gasteiger partial charge in [-0.1, -0.05) is 25.6 Å². The van der Waals surface area contributed by atoms with E-state index in [0.717, 1.165) is 31.8 Å². The van der Waals surface area contributed by atoms with E-state index in [9.17, 15) is 4.79 Å². The number of aromatic nitrogens is 2. The SMILES string of the molecule is COC[C@@]12CN(C(=O)CSc3nccc(C)n3)C[C@@H]1C(C)(C)C2. The Morgan fingerprint density at radius 2 is 2.30 bits per heavy atom. The molecule has 0 N–H and O–H groups in total. The van der Waals surface area contributed by atoms with E-state index in [1.807, 2.05) is 17.9 Å². The van der Waals surface area contributed by atoms with Crippen molar-refractivity contribution in [2.75, 3.05) is 32.6 Å². The van der Waals surface area contributed by atoms with Crippen LogP contribution < -0.4 is 0 Å². The highest BCUT2D eigenvalue weighted by Gasteiger charge is 2.63. The van der Waals surface area contributed by atoms with Gasteiger partial charge in [-0.3, -0.25) is 4.79 Å². The fourth-order valence-electron chi connectivity index (χ4n) is 4.51. The first-order chi connectivity index (χ1) is 10.9. The minimum atomic E-state index is 0.165. The summed E-state index contributed by atoms with van der Waals surface area (Å²) in [7, 11) is 1.76. The third-order valence-electron chi connectivity index (χ3n) is 5.28.